The number of nitrogens with one attached hydrogen (secondary N) is 1. The Morgan fingerprint density at radius 1 is 1.47 bits per heavy atom. The van der Waals surface area contributed by atoms with Gasteiger partial charge in [-0.25, -0.2) is 0 Å². The Labute approximate surface area is 122 Å². The van der Waals surface area contributed by atoms with E-state index in [4.69, 9.17) is 11.6 Å². The van der Waals surface area contributed by atoms with E-state index in [1.54, 1.807) is 0 Å². The van der Waals surface area contributed by atoms with Gasteiger partial charge in [0.1, 0.15) is 0 Å². The van der Waals surface area contributed by atoms with Gasteiger partial charge in [-0.15, -0.1) is 0 Å². The predicted molar refractivity (Wildman–Crippen MR) is 84.2 cm³/mol. The van der Waals surface area contributed by atoms with E-state index in [1.807, 2.05) is 12.1 Å². The molecule has 0 aliphatic carbocycles. The monoisotopic (exact) mass is 280 g/mol. The second-order valence-corrected chi connectivity index (χ2v) is 6.21. The zero-order valence-corrected chi connectivity index (χ0v) is 13.2. The smallest absolute Gasteiger partial charge is 0.0642 e. The molecule has 3 unspecified atom stereocenters. The maximum Gasteiger partial charge on any atom is 0.0642 e. The van der Waals surface area contributed by atoms with Crippen LogP contribution in [0.2, 0.25) is 5.02 Å². The van der Waals surface area contributed by atoms with E-state index >= 15 is 0 Å². The standard InChI is InChI=1S/C16H25ClN2/c1-5-11(2)15-10-19(13(4)9-18-15)16-12(3)7-6-8-14(16)17/h6-8,11,13,15,18H,5,9-10H2,1-4H3. The summed E-state index contributed by atoms with van der Waals surface area (Å²) >= 11 is 6.43. The Balaban J connectivity index is 2.26. The van der Waals surface area contributed by atoms with Crippen LogP contribution in [0.4, 0.5) is 5.69 Å². The number of rotatable bonds is 3. The van der Waals surface area contributed by atoms with E-state index in [-0.39, 0.29) is 0 Å². The zero-order valence-electron chi connectivity index (χ0n) is 12.4. The average Bonchev–Trinajstić information content (AvgIpc) is 2.39. The van der Waals surface area contributed by atoms with Gasteiger partial charge in [0, 0.05) is 25.2 Å². The number of benzene rings is 1. The van der Waals surface area contributed by atoms with Crippen LogP contribution in [0.25, 0.3) is 0 Å². The molecule has 0 bridgehead atoms. The van der Waals surface area contributed by atoms with Gasteiger partial charge in [-0.3, -0.25) is 0 Å². The van der Waals surface area contributed by atoms with Crippen LogP contribution in [-0.2, 0) is 0 Å². The van der Waals surface area contributed by atoms with Crippen molar-refractivity contribution in [3.8, 4) is 0 Å². The number of halogens is 1. The molecule has 3 heteroatoms. The Hall–Kier alpha value is -0.730. The fraction of sp³-hybridized carbons (Fsp3) is 0.625. The predicted octanol–water partition coefficient (Wildman–Crippen LogP) is 3.86. The average molecular weight is 281 g/mol. The molecule has 106 valence electrons. The van der Waals surface area contributed by atoms with E-state index < -0.39 is 0 Å². The third-order valence-corrected chi connectivity index (χ3v) is 4.71. The largest absolute Gasteiger partial charge is 0.365 e. The number of piperazine rings is 1. The van der Waals surface area contributed by atoms with Crippen molar-refractivity contribution in [1.29, 1.82) is 0 Å². The van der Waals surface area contributed by atoms with Crippen molar-refractivity contribution >= 4 is 17.3 Å². The van der Waals surface area contributed by atoms with Crippen molar-refractivity contribution in [2.45, 2.75) is 46.2 Å². The number of para-hydroxylation sites is 1. The molecule has 3 atom stereocenters. The summed E-state index contributed by atoms with van der Waals surface area (Å²) in [5, 5.41) is 4.55. The number of anilines is 1. The first-order valence-electron chi connectivity index (χ1n) is 7.29. The van der Waals surface area contributed by atoms with Crippen molar-refractivity contribution in [2.24, 2.45) is 5.92 Å². The molecule has 1 N–H and O–H groups in total. The summed E-state index contributed by atoms with van der Waals surface area (Å²) in [6.07, 6.45) is 1.21. The molecule has 2 rings (SSSR count). The SMILES string of the molecule is CCC(C)C1CN(c2c(C)cccc2Cl)C(C)CN1. The summed E-state index contributed by atoms with van der Waals surface area (Å²) < 4.78 is 0. The molecule has 1 aromatic carbocycles. The van der Waals surface area contributed by atoms with Crippen LogP contribution >= 0.6 is 11.6 Å². The van der Waals surface area contributed by atoms with Crippen molar-refractivity contribution in [3.05, 3.63) is 28.8 Å². The first-order valence-corrected chi connectivity index (χ1v) is 7.67. The summed E-state index contributed by atoms with van der Waals surface area (Å²) in [6.45, 7) is 11.1. The topological polar surface area (TPSA) is 15.3 Å². The maximum atomic E-state index is 6.43. The van der Waals surface area contributed by atoms with E-state index in [0.29, 0.717) is 18.0 Å². The van der Waals surface area contributed by atoms with Crippen LogP contribution in [0.15, 0.2) is 18.2 Å². The van der Waals surface area contributed by atoms with Gasteiger partial charge in [0.05, 0.1) is 10.7 Å². The van der Waals surface area contributed by atoms with Gasteiger partial charge in [-0.1, -0.05) is 44.0 Å². The Morgan fingerprint density at radius 3 is 2.84 bits per heavy atom. The highest BCUT2D eigenvalue weighted by Crippen LogP contribution is 2.32. The summed E-state index contributed by atoms with van der Waals surface area (Å²) in [6, 6.07) is 7.21. The molecule has 2 nitrogen and oxygen atoms in total. The number of aryl methyl sites for hydroxylation is 1. The van der Waals surface area contributed by atoms with Crippen LogP contribution in [0, 0.1) is 12.8 Å². The molecule has 0 saturated carbocycles. The van der Waals surface area contributed by atoms with Gasteiger partial charge in [0.2, 0.25) is 0 Å². The summed E-state index contributed by atoms with van der Waals surface area (Å²) in [4.78, 5) is 2.48. The molecule has 0 aromatic heterocycles. The number of hydrogen-bond acceptors (Lipinski definition) is 2. The van der Waals surface area contributed by atoms with Gasteiger partial charge in [0.15, 0.2) is 0 Å². The highest BCUT2D eigenvalue weighted by Gasteiger charge is 2.29. The highest BCUT2D eigenvalue weighted by atomic mass is 35.5. The summed E-state index contributed by atoms with van der Waals surface area (Å²) in [5.41, 5.74) is 2.48. The van der Waals surface area contributed by atoms with Crippen LogP contribution in [0.3, 0.4) is 0 Å². The van der Waals surface area contributed by atoms with E-state index in [1.165, 1.54) is 17.7 Å². The molecule has 1 aliphatic rings. The van der Waals surface area contributed by atoms with Crippen LogP contribution in [-0.4, -0.2) is 25.2 Å². The van der Waals surface area contributed by atoms with Crippen LogP contribution in [0.5, 0.6) is 0 Å². The molecule has 0 amide bonds. The molecule has 1 saturated heterocycles. The van der Waals surface area contributed by atoms with Crippen molar-refractivity contribution in [3.63, 3.8) is 0 Å². The fourth-order valence-electron chi connectivity index (χ4n) is 2.85. The third kappa shape index (κ3) is 3.06. The van der Waals surface area contributed by atoms with E-state index in [0.717, 1.165) is 18.1 Å². The van der Waals surface area contributed by atoms with Crippen molar-refractivity contribution < 1.29 is 0 Å². The lowest BCUT2D eigenvalue weighted by molar-refractivity contribution is 0.315. The molecule has 1 heterocycles. The second-order valence-electron chi connectivity index (χ2n) is 5.81. The maximum absolute atomic E-state index is 6.43. The first kappa shape index (κ1) is 14.7. The second kappa shape index (κ2) is 6.15. The lowest BCUT2D eigenvalue weighted by Gasteiger charge is -2.43. The third-order valence-electron chi connectivity index (χ3n) is 4.41. The number of nitrogens with zero attached hydrogens (tertiary/aromatic N) is 1. The first-order chi connectivity index (χ1) is 9.04. The molecule has 1 aliphatic heterocycles. The molecule has 1 aromatic rings. The van der Waals surface area contributed by atoms with Crippen molar-refractivity contribution in [1.82, 2.24) is 5.32 Å². The Bertz CT molecular complexity index is 413. The quantitative estimate of drug-likeness (QED) is 0.904. The van der Waals surface area contributed by atoms with Crippen LogP contribution in [0.1, 0.15) is 32.8 Å². The lowest BCUT2D eigenvalue weighted by atomic mass is 9.95. The van der Waals surface area contributed by atoms with Gasteiger partial charge in [0.25, 0.3) is 0 Å². The van der Waals surface area contributed by atoms with Gasteiger partial charge < -0.3 is 10.2 Å². The molecule has 0 spiro atoms. The highest BCUT2D eigenvalue weighted by molar-refractivity contribution is 6.33. The molecule has 19 heavy (non-hydrogen) atoms. The molecule has 0 radical (unpaired) electrons. The lowest BCUT2D eigenvalue weighted by Crippen LogP contribution is -2.57. The van der Waals surface area contributed by atoms with Gasteiger partial charge >= 0.3 is 0 Å². The Morgan fingerprint density at radius 2 is 2.21 bits per heavy atom. The molecule has 1 fully saturated rings. The minimum absolute atomic E-state index is 0.485. The summed E-state index contributed by atoms with van der Waals surface area (Å²) in [7, 11) is 0. The minimum atomic E-state index is 0.485. The van der Waals surface area contributed by atoms with Gasteiger partial charge in [-0.05, 0) is 31.4 Å². The van der Waals surface area contributed by atoms with Crippen molar-refractivity contribution in [2.75, 3.05) is 18.0 Å². The zero-order chi connectivity index (χ0) is 14.0. The minimum Gasteiger partial charge on any atom is -0.365 e. The van der Waals surface area contributed by atoms with E-state index in [2.05, 4.69) is 44.0 Å². The fourth-order valence-corrected chi connectivity index (χ4v) is 3.18. The number of hydrogen-bond donors (Lipinski definition) is 1. The molecular formula is C16H25ClN2. The van der Waals surface area contributed by atoms with Gasteiger partial charge in [-0.2, -0.15) is 0 Å². The molecular weight excluding hydrogens is 256 g/mol. The summed E-state index contributed by atoms with van der Waals surface area (Å²) in [5.74, 6) is 0.692. The normalized spacial score (nSPS) is 25.4. The van der Waals surface area contributed by atoms with Crippen LogP contribution < -0.4 is 10.2 Å². The Kier molecular flexibility index (Phi) is 4.75. The van der Waals surface area contributed by atoms with E-state index in [9.17, 15) is 0 Å².